The van der Waals surface area contributed by atoms with E-state index in [0.29, 0.717) is 11.6 Å². The molecule has 1 N–H and O–H groups in total. The van der Waals surface area contributed by atoms with Crippen LogP contribution in [0.15, 0.2) is 18.2 Å². The van der Waals surface area contributed by atoms with Crippen LogP contribution >= 0.6 is 11.6 Å². The number of hydrogen-bond acceptors (Lipinski definition) is 2. The Labute approximate surface area is 126 Å². The van der Waals surface area contributed by atoms with Gasteiger partial charge in [0.1, 0.15) is 0 Å². The van der Waals surface area contributed by atoms with E-state index in [1.807, 2.05) is 25.1 Å². The summed E-state index contributed by atoms with van der Waals surface area (Å²) >= 11 is 6.08. The average Bonchev–Trinajstić information content (AvgIpc) is 2.40. The van der Waals surface area contributed by atoms with E-state index in [1.165, 1.54) is 0 Å². The van der Waals surface area contributed by atoms with Crippen LogP contribution < -0.4 is 4.90 Å². The van der Waals surface area contributed by atoms with Crippen molar-refractivity contribution in [2.75, 3.05) is 18.0 Å². The maximum atomic E-state index is 11.1. The monoisotopic (exact) mass is 297 g/mol. The van der Waals surface area contributed by atoms with E-state index < -0.39 is 11.9 Å². The quantitative estimate of drug-likeness (QED) is 0.725. The fourth-order valence-electron chi connectivity index (χ4n) is 2.19. The second-order valence-electron chi connectivity index (χ2n) is 5.32. The first-order valence-electron chi connectivity index (χ1n) is 7.19. The van der Waals surface area contributed by atoms with Crippen molar-refractivity contribution in [3.8, 4) is 0 Å². The molecule has 0 aromatic heterocycles. The highest BCUT2D eigenvalue weighted by Gasteiger charge is 2.17. The summed E-state index contributed by atoms with van der Waals surface area (Å²) in [6, 6.07) is 5.78. The maximum Gasteiger partial charge on any atom is 0.308 e. The average molecular weight is 298 g/mol. The van der Waals surface area contributed by atoms with E-state index in [0.717, 1.165) is 37.1 Å². The zero-order valence-corrected chi connectivity index (χ0v) is 13.3. The Morgan fingerprint density at radius 3 is 2.70 bits per heavy atom. The highest BCUT2D eigenvalue weighted by atomic mass is 35.5. The van der Waals surface area contributed by atoms with Gasteiger partial charge in [-0.3, -0.25) is 4.79 Å². The molecule has 0 aliphatic rings. The van der Waals surface area contributed by atoms with Gasteiger partial charge in [-0.1, -0.05) is 44.4 Å². The number of carboxylic acids is 1. The molecule has 0 fully saturated rings. The third kappa shape index (κ3) is 5.04. The molecule has 1 unspecified atom stereocenters. The van der Waals surface area contributed by atoms with Gasteiger partial charge in [0, 0.05) is 23.8 Å². The molecule has 0 amide bonds. The lowest BCUT2D eigenvalue weighted by Crippen LogP contribution is -2.33. The summed E-state index contributed by atoms with van der Waals surface area (Å²) in [4.78, 5) is 13.2. The predicted molar refractivity (Wildman–Crippen MR) is 84.7 cm³/mol. The number of carboxylic acid groups (broad SMARTS) is 1. The normalized spacial score (nSPS) is 12.2. The molecule has 0 aliphatic heterocycles. The molecule has 0 bridgehead atoms. The van der Waals surface area contributed by atoms with Crippen LogP contribution in [-0.4, -0.2) is 24.2 Å². The van der Waals surface area contributed by atoms with Crippen molar-refractivity contribution in [2.24, 2.45) is 5.92 Å². The van der Waals surface area contributed by atoms with Crippen molar-refractivity contribution in [1.82, 2.24) is 0 Å². The minimum Gasteiger partial charge on any atom is -0.481 e. The molecular weight excluding hydrogens is 274 g/mol. The van der Waals surface area contributed by atoms with Crippen molar-refractivity contribution in [2.45, 2.75) is 40.0 Å². The van der Waals surface area contributed by atoms with Crippen LogP contribution in [0.2, 0.25) is 5.02 Å². The number of hydrogen-bond donors (Lipinski definition) is 1. The lowest BCUT2D eigenvalue weighted by Gasteiger charge is -2.28. The molecule has 3 nitrogen and oxygen atoms in total. The number of carbonyl (C=O) groups is 1. The molecule has 1 aromatic rings. The highest BCUT2D eigenvalue weighted by molar-refractivity contribution is 6.30. The van der Waals surface area contributed by atoms with Crippen LogP contribution in [0.3, 0.4) is 0 Å². The van der Waals surface area contributed by atoms with Gasteiger partial charge in [-0.25, -0.2) is 0 Å². The van der Waals surface area contributed by atoms with Gasteiger partial charge < -0.3 is 10.0 Å². The van der Waals surface area contributed by atoms with Gasteiger partial charge in [0.25, 0.3) is 0 Å². The minimum atomic E-state index is -0.759. The number of anilines is 1. The molecule has 1 atom stereocenters. The molecule has 0 aliphatic carbocycles. The molecule has 112 valence electrons. The SMILES string of the molecule is CCCCCN(CC(C)C(=O)O)c1cc(Cl)ccc1C. The van der Waals surface area contributed by atoms with Crippen LogP contribution in [-0.2, 0) is 4.79 Å². The molecule has 0 saturated heterocycles. The highest BCUT2D eigenvalue weighted by Crippen LogP contribution is 2.25. The van der Waals surface area contributed by atoms with E-state index in [2.05, 4.69) is 11.8 Å². The Morgan fingerprint density at radius 2 is 2.10 bits per heavy atom. The molecule has 20 heavy (non-hydrogen) atoms. The van der Waals surface area contributed by atoms with Gasteiger partial charge in [0.05, 0.1) is 5.92 Å². The largest absolute Gasteiger partial charge is 0.481 e. The molecule has 0 radical (unpaired) electrons. The van der Waals surface area contributed by atoms with E-state index in [1.54, 1.807) is 6.92 Å². The van der Waals surface area contributed by atoms with Crippen LogP contribution in [0.25, 0.3) is 0 Å². The second kappa shape index (κ2) is 8.15. The summed E-state index contributed by atoms with van der Waals surface area (Å²) in [5.74, 6) is -1.15. The Balaban J connectivity index is 2.90. The summed E-state index contributed by atoms with van der Waals surface area (Å²) in [6.45, 7) is 7.32. The summed E-state index contributed by atoms with van der Waals surface area (Å²) < 4.78 is 0. The van der Waals surface area contributed by atoms with Gasteiger partial charge in [0.2, 0.25) is 0 Å². The molecule has 0 spiro atoms. The Kier molecular flexibility index (Phi) is 6.86. The number of rotatable bonds is 8. The molecule has 1 aromatic carbocycles. The summed E-state index contributed by atoms with van der Waals surface area (Å²) in [7, 11) is 0. The molecule has 4 heteroatoms. The van der Waals surface area contributed by atoms with Crippen LogP contribution in [0, 0.1) is 12.8 Å². The van der Waals surface area contributed by atoms with E-state index in [4.69, 9.17) is 16.7 Å². The van der Waals surface area contributed by atoms with Crippen molar-refractivity contribution in [3.63, 3.8) is 0 Å². The molecule has 0 saturated carbocycles. The first-order chi connectivity index (χ1) is 9.45. The Bertz CT molecular complexity index is 448. The zero-order valence-electron chi connectivity index (χ0n) is 12.5. The number of unbranched alkanes of at least 4 members (excludes halogenated alkanes) is 2. The molecule has 0 heterocycles. The van der Waals surface area contributed by atoms with Gasteiger partial charge >= 0.3 is 5.97 Å². The van der Waals surface area contributed by atoms with Crippen LogP contribution in [0.1, 0.15) is 38.7 Å². The minimum absolute atomic E-state index is 0.394. The fraction of sp³-hybridized carbons (Fsp3) is 0.562. The lowest BCUT2D eigenvalue weighted by atomic mass is 10.1. The van der Waals surface area contributed by atoms with Crippen molar-refractivity contribution in [3.05, 3.63) is 28.8 Å². The Morgan fingerprint density at radius 1 is 1.40 bits per heavy atom. The zero-order chi connectivity index (χ0) is 15.1. The second-order valence-corrected chi connectivity index (χ2v) is 5.76. The predicted octanol–water partition coefficient (Wildman–Crippen LogP) is 4.37. The van der Waals surface area contributed by atoms with Gasteiger partial charge in [0.15, 0.2) is 0 Å². The van der Waals surface area contributed by atoms with Gasteiger partial charge in [-0.2, -0.15) is 0 Å². The first kappa shape index (κ1) is 16.8. The smallest absolute Gasteiger partial charge is 0.308 e. The number of halogens is 1. The summed E-state index contributed by atoms with van der Waals surface area (Å²) in [5, 5.41) is 9.81. The van der Waals surface area contributed by atoms with Gasteiger partial charge in [-0.05, 0) is 31.0 Å². The van der Waals surface area contributed by atoms with Crippen LogP contribution in [0.5, 0.6) is 0 Å². The number of nitrogens with zero attached hydrogens (tertiary/aromatic N) is 1. The standard InChI is InChI=1S/C16H24ClNO2/c1-4-5-6-9-18(11-13(3)16(19)20)15-10-14(17)8-7-12(15)2/h7-8,10,13H,4-6,9,11H2,1-3H3,(H,19,20). The summed E-state index contributed by atoms with van der Waals surface area (Å²) in [5.41, 5.74) is 2.17. The van der Waals surface area contributed by atoms with Crippen LogP contribution in [0.4, 0.5) is 5.69 Å². The van der Waals surface area contributed by atoms with E-state index in [9.17, 15) is 4.79 Å². The molecule has 1 rings (SSSR count). The molecular formula is C16H24ClNO2. The summed E-state index contributed by atoms with van der Waals surface area (Å²) in [6.07, 6.45) is 3.36. The third-order valence-electron chi connectivity index (χ3n) is 3.46. The Hall–Kier alpha value is -1.22. The van der Waals surface area contributed by atoms with Crippen molar-refractivity contribution < 1.29 is 9.90 Å². The van der Waals surface area contributed by atoms with Crippen molar-refractivity contribution >= 4 is 23.3 Å². The fourth-order valence-corrected chi connectivity index (χ4v) is 2.36. The number of aryl methyl sites for hydroxylation is 1. The topological polar surface area (TPSA) is 40.5 Å². The lowest BCUT2D eigenvalue weighted by molar-refractivity contribution is -0.140. The van der Waals surface area contributed by atoms with Gasteiger partial charge in [-0.15, -0.1) is 0 Å². The van der Waals surface area contributed by atoms with E-state index >= 15 is 0 Å². The first-order valence-corrected chi connectivity index (χ1v) is 7.57. The number of benzene rings is 1. The third-order valence-corrected chi connectivity index (χ3v) is 3.69. The van der Waals surface area contributed by atoms with Crippen molar-refractivity contribution in [1.29, 1.82) is 0 Å². The van der Waals surface area contributed by atoms with E-state index in [-0.39, 0.29) is 0 Å². The maximum absolute atomic E-state index is 11.1. The number of aliphatic carboxylic acids is 1.